The summed E-state index contributed by atoms with van der Waals surface area (Å²) in [5.41, 5.74) is 17.6. The first-order valence-corrected chi connectivity index (χ1v) is 23.5. The van der Waals surface area contributed by atoms with Crippen molar-refractivity contribution in [2.45, 2.75) is 31.6 Å². The summed E-state index contributed by atoms with van der Waals surface area (Å²) in [5, 5.41) is 2.55. The van der Waals surface area contributed by atoms with E-state index in [-0.39, 0.29) is 5.41 Å². The molecule has 2 heteroatoms. The molecule has 0 bridgehead atoms. The number of rotatable bonds is 11. The summed E-state index contributed by atoms with van der Waals surface area (Å²) in [5.74, 6) is 0. The smallest absolute Gasteiger partial charge is 0.0468 e. The molecule has 9 aromatic rings. The van der Waals surface area contributed by atoms with Gasteiger partial charge in [0.15, 0.2) is 0 Å². The summed E-state index contributed by atoms with van der Waals surface area (Å²) >= 11 is 0. The van der Waals surface area contributed by atoms with E-state index in [1.807, 2.05) is 0 Å². The van der Waals surface area contributed by atoms with Crippen molar-refractivity contribution in [2.24, 2.45) is 0 Å². The fourth-order valence-corrected chi connectivity index (χ4v) is 9.75. The number of benzene rings is 9. The summed E-state index contributed by atoms with van der Waals surface area (Å²) in [6, 6.07) is 81.7. The molecule has 2 aliphatic rings. The van der Waals surface area contributed by atoms with Gasteiger partial charge in [-0.15, -0.1) is 0 Å². The summed E-state index contributed by atoms with van der Waals surface area (Å²) in [7, 11) is 0. The highest BCUT2D eigenvalue weighted by molar-refractivity contribution is 5.90. The molecule has 0 aromatic heterocycles. The first-order chi connectivity index (χ1) is 33.1. The molecule has 0 radical (unpaired) electrons. The van der Waals surface area contributed by atoms with Gasteiger partial charge in [-0.05, 0) is 147 Å². The Morgan fingerprint density at radius 2 is 0.910 bits per heavy atom. The van der Waals surface area contributed by atoms with Gasteiger partial charge in [0.2, 0.25) is 0 Å². The van der Waals surface area contributed by atoms with E-state index in [0.29, 0.717) is 0 Å². The minimum Gasteiger partial charge on any atom is -0.311 e. The van der Waals surface area contributed by atoms with Crippen molar-refractivity contribution < 1.29 is 0 Å². The Labute approximate surface area is 395 Å². The van der Waals surface area contributed by atoms with Crippen LogP contribution in [0.5, 0.6) is 0 Å². The lowest BCUT2D eigenvalue weighted by Crippen LogP contribution is -2.24. The Hall–Kier alpha value is -8.20. The molecule has 1 unspecified atom stereocenters. The molecule has 9 aromatic carbocycles. The van der Waals surface area contributed by atoms with Gasteiger partial charge in [-0.1, -0.05) is 201 Å². The Kier molecular flexibility index (Phi) is 11.4. The Morgan fingerprint density at radius 3 is 1.55 bits per heavy atom. The van der Waals surface area contributed by atoms with E-state index < -0.39 is 0 Å². The van der Waals surface area contributed by atoms with Gasteiger partial charge in [-0.25, -0.2) is 0 Å². The minimum atomic E-state index is -0.129. The van der Waals surface area contributed by atoms with E-state index in [1.54, 1.807) is 0 Å². The number of fused-ring (bicyclic) bond motifs is 1. The molecule has 2 aliphatic carbocycles. The largest absolute Gasteiger partial charge is 0.311 e. The molecule has 0 spiro atoms. The molecule has 0 fully saturated rings. The van der Waals surface area contributed by atoms with Gasteiger partial charge >= 0.3 is 0 Å². The highest BCUT2D eigenvalue weighted by Gasteiger charge is 2.28. The second kappa shape index (κ2) is 18.4. The zero-order valence-corrected chi connectivity index (χ0v) is 37.8. The maximum atomic E-state index is 2.44. The SMILES string of the molecule is CC1(c2ccc3ccccc3c2)C=CC(N(c2ccc(C3=CCCC=C3)cc2)c2ccc(-c3ccc(N(c4ccccc4)c4ccc(-c5ccccc5)cc4)cc3)c(-c3ccccc3)c2)=CC1. The van der Waals surface area contributed by atoms with E-state index in [1.165, 1.54) is 55.3 Å². The molecule has 0 amide bonds. The summed E-state index contributed by atoms with van der Waals surface area (Å²) in [6.45, 7) is 2.36. The van der Waals surface area contributed by atoms with E-state index in [4.69, 9.17) is 0 Å². The van der Waals surface area contributed by atoms with Gasteiger partial charge in [0.05, 0.1) is 0 Å². The molecule has 0 N–H and O–H groups in total. The number of nitrogens with zero attached hydrogens (tertiary/aromatic N) is 2. The standard InChI is InChI=1S/C65H52N2/c1-65(56-33-26-50-20-14-15-23-55(50)46-56)44-42-61(43-45-65)67(60-36-29-52(30-37-60)49-18-8-3-9-19-49)62-40-41-63(64(47-62)53-21-10-4-11-22-53)54-31-38-59(39-32-54)66(57-24-12-5-13-25-57)58-34-27-51(28-35-58)48-16-6-2-7-17-48/h2,4-8,10-44,46-47H,3,9,45H2,1H3. The summed E-state index contributed by atoms with van der Waals surface area (Å²) < 4.78 is 0. The number of para-hydroxylation sites is 1. The van der Waals surface area contributed by atoms with Gasteiger partial charge < -0.3 is 9.80 Å². The van der Waals surface area contributed by atoms with Crippen molar-refractivity contribution >= 4 is 44.8 Å². The van der Waals surface area contributed by atoms with Gasteiger partial charge in [-0.3, -0.25) is 0 Å². The highest BCUT2D eigenvalue weighted by Crippen LogP contribution is 2.44. The van der Waals surface area contributed by atoms with Crippen molar-refractivity contribution in [3.63, 3.8) is 0 Å². The van der Waals surface area contributed by atoms with Crippen molar-refractivity contribution in [1.82, 2.24) is 0 Å². The zero-order valence-electron chi connectivity index (χ0n) is 37.8. The second-order valence-electron chi connectivity index (χ2n) is 17.9. The highest BCUT2D eigenvalue weighted by atomic mass is 15.1. The molecule has 2 nitrogen and oxygen atoms in total. The van der Waals surface area contributed by atoms with Crippen LogP contribution < -0.4 is 9.80 Å². The molecule has 0 saturated carbocycles. The Balaban J connectivity index is 0.969. The lowest BCUT2D eigenvalue weighted by Gasteiger charge is -2.34. The number of anilines is 5. The van der Waals surface area contributed by atoms with Crippen LogP contribution in [0.25, 0.3) is 49.7 Å². The van der Waals surface area contributed by atoms with E-state index in [2.05, 4.69) is 278 Å². The van der Waals surface area contributed by atoms with Crippen LogP contribution in [-0.2, 0) is 5.41 Å². The van der Waals surface area contributed by atoms with Gasteiger partial charge in [0.25, 0.3) is 0 Å². The van der Waals surface area contributed by atoms with E-state index in [9.17, 15) is 0 Å². The predicted molar refractivity (Wildman–Crippen MR) is 286 cm³/mol. The lowest BCUT2D eigenvalue weighted by atomic mass is 9.76. The fraction of sp³-hybridized carbons (Fsp3) is 0.0769. The topological polar surface area (TPSA) is 6.48 Å². The first kappa shape index (κ1) is 41.5. The van der Waals surface area contributed by atoms with Crippen molar-refractivity contribution in [3.8, 4) is 33.4 Å². The normalized spacial score (nSPS) is 15.5. The molecule has 0 heterocycles. The third-order valence-corrected chi connectivity index (χ3v) is 13.5. The van der Waals surface area contributed by atoms with E-state index >= 15 is 0 Å². The number of hydrogen-bond acceptors (Lipinski definition) is 2. The number of allylic oxidation sites excluding steroid dienone is 7. The van der Waals surface area contributed by atoms with Crippen LogP contribution >= 0.6 is 0 Å². The quantitative estimate of drug-likeness (QED) is 0.128. The molecule has 11 rings (SSSR count). The average Bonchev–Trinajstić information content (AvgIpc) is 3.41. The first-order valence-electron chi connectivity index (χ1n) is 23.5. The Morgan fingerprint density at radius 1 is 0.373 bits per heavy atom. The van der Waals surface area contributed by atoms with Crippen LogP contribution in [0, 0.1) is 0 Å². The second-order valence-corrected chi connectivity index (χ2v) is 17.9. The maximum absolute atomic E-state index is 2.44. The van der Waals surface area contributed by atoms with Crippen LogP contribution in [0.15, 0.2) is 267 Å². The van der Waals surface area contributed by atoms with Gasteiger partial charge in [0.1, 0.15) is 0 Å². The van der Waals surface area contributed by atoms with Crippen LogP contribution in [-0.4, -0.2) is 0 Å². The monoisotopic (exact) mass is 860 g/mol. The lowest BCUT2D eigenvalue weighted by molar-refractivity contribution is 0.596. The predicted octanol–water partition coefficient (Wildman–Crippen LogP) is 18.0. The van der Waals surface area contributed by atoms with E-state index in [0.717, 1.165) is 59.0 Å². The average molecular weight is 861 g/mol. The summed E-state index contributed by atoms with van der Waals surface area (Å²) in [4.78, 5) is 4.77. The third-order valence-electron chi connectivity index (χ3n) is 13.5. The molecule has 0 saturated heterocycles. The van der Waals surface area contributed by atoms with Crippen molar-refractivity contribution in [2.75, 3.05) is 9.80 Å². The molecular weight excluding hydrogens is 809 g/mol. The fourth-order valence-electron chi connectivity index (χ4n) is 9.75. The van der Waals surface area contributed by atoms with Gasteiger partial charge in [-0.2, -0.15) is 0 Å². The number of hydrogen-bond donors (Lipinski definition) is 0. The molecule has 67 heavy (non-hydrogen) atoms. The minimum absolute atomic E-state index is 0.129. The van der Waals surface area contributed by atoms with Crippen LogP contribution in [0.4, 0.5) is 28.4 Å². The van der Waals surface area contributed by atoms with Crippen LogP contribution in [0.3, 0.4) is 0 Å². The van der Waals surface area contributed by atoms with Gasteiger partial charge in [0, 0.05) is 39.5 Å². The molecule has 322 valence electrons. The van der Waals surface area contributed by atoms with Crippen LogP contribution in [0.1, 0.15) is 37.3 Å². The molecule has 0 aliphatic heterocycles. The molecule has 1 atom stereocenters. The molecular formula is C65H52N2. The zero-order chi connectivity index (χ0) is 45.0. The third kappa shape index (κ3) is 8.58. The van der Waals surface area contributed by atoms with Crippen molar-refractivity contribution in [3.05, 3.63) is 278 Å². The maximum Gasteiger partial charge on any atom is 0.0468 e. The van der Waals surface area contributed by atoms with Crippen LogP contribution in [0.2, 0.25) is 0 Å². The van der Waals surface area contributed by atoms with Crippen molar-refractivity contribution in [1.29, 1.82) is 0 Å². The Bertz CT molecular complexity index is 3290. The summed E-state index contributed by atoms with van der Waals surface area (Å²) in [6.07, 6.45) is 17.1.